The minimum absolute atomic E-state index is 0. The van der Waals surface area contributed by atoms with Crippen molar-refractivity contribution in [3.8, 4) is 0 Å². The average Bonchev–Trinajstić information content (AvgIpc) is 3.15. The number of hydrogen-bond donors (Lipinski definition) is 0. The van der Waals surface area contributed by atoms with Crippen LogP contribution in [0.15, 0.2) is 0 Å². The van der Waals surface area contributed by atoms with E-state index in [4.69, 9.17) is 14.2 Å². The molecule has 2 rings (SSSR count). The van der Waals surface area contributed by atoms with Crippen molar-refractivity contribution in [2.24, 2.45) is 0 Å². The third-order valence-electron chi connectivity index (χ3n) is 5.65. The van der Waals surface area contributed by atoms with Crippen LogP contribution in [0, 0.1) is 0 Å². The van der Waals surface area contributed by atoms with Crippen molar-refractivity contribution in [1.29, 1.82) is 0 Å². The first-order chi connectivity index (χ1) is 24.2. The fourth-order valence-electron chi connectivity index (χ4n) is 4.21. The minimum atomic E-state index is -6.58. The first kappa shape index (κ1) is 88.8. The summed E-state index contributed by atoms with van der Waals surface area (Å²) in [5, 5.41) is 0. The van der Waals surface area contributed by atoms with E-state index in [1.807, 2.05) is 0 Å². The Kier molecular flexibility index (Phi) is 51.3. The van der Waals surface area contributed by atoms with Crippen LogP contribution in [-0.2, 0) is 131 Å². The third kappa shape index (κ3) is 38.3. The molecule has 0 saturated carbocycles. The molecular weight excluding hydrogens is 1270 g/mol. The van der Waals surface area contributed by atoms with Gasteiger partial charge < -0.3 is 50.6 Å². The Morgan fingerprint density at radius 2 is 0.698 bits per heavy atom. The third-order valence-corrected chi connectivity index (χ3v) is 9.18. The summed E-state index contributed by atoms with van der Waals surface area (Å²) in [4.78, 5) is 0. The summed E-state index contributed by atoms with van der Waals surface area (Å²) in [7, 11) is -50.8. The SMILES string of the molecule is O=S(=O)([O-])OCC1OC(OC2(COS(=O)(=O)[O-])OC(COS(=O)(=O)[O-])C(OS(=O)(=O)[O-])C2OS(=O)(=O)[O-])C(OS(=O)(=O)[O-])C(OS(=O)(=O)[O-])C1OS(=O)(=O)[O-].[K+].[K+].[K+].[K+].[K+].[K+].[K+].[K+]. The number of hydrogen-bond acceptors (Lipinski definition) is 35. The Balaban J connectivity index is -0.000000784. The van der Waals surface area contributed by atoms with E-state index in [0.29, 0.717) is 0 Å². The van der Waals surface area contributed by atoms with Gasteiger partial charge in [-0.15, -0.1) is 0 Å². The van der Waals surface area contributed by atoms with Gasteiger partial charge in [-0.3, -0.25) is 33.5 Å². The summed E-state index contributed by atoms with van der Waals surface area (Å²) < 4.78 is 320. The zero-order valence-electron chi connectivity index (χ0n) is 32.8. The molecule has 0 bridgehead atoms. The van der Waals surface area contributed by atoms with Crippen molar-refractivity contribution in [2.75, 3.05) is 19.8 Å². The predicted molar refractivity (Wildman–Crippen MR) is 137 cm³/mol. The smallest absolute Gasteiger partial charge is 0.726 e. The summed E-state index contributed by atoms with van der Waals surface area (Å²) in [6.07, 6.45) is -27.5. The molecule has 9 unspecified atom stereocenters. The summed E-state index contributed by atoms with van der Waals surface area (Å²) in [5.74, 6) is -4.31. The van der Waals surface area contributed by atoms with Gasteiger partial charge in [-0.25, -0.2) is 67.3 Å². The molecule has 0 aromatic carbocycles. The fourth-order valence-corrected chi connectivity index (χ4v) is 7.60. The molecule has 0 spiro atoms. The molecule has 63 heavy (non-hydrogen) atoms. The molecule has 0 radical (unpaired) electrons. The van der Waals surface area contributed by atoms with Crippen LogP contribution in [0.1, 0.15) is 0 Å². The minimum Gasteiger partial charge on any atom is -0.726 e. The molecular formula is C12H14K8O35S8. The molecule has 2 heterocycles. The summed E-state index contributed by atoms with van der Waals surface area (Å²) in [6.45, 7) is -6.74. The van der Waals surface area contributed by atoms with Crippen molar-refractivity contribution in [2.45, 2.75) is 54.8 Å². The van der Waals surface area contributed by atoms with Crippen LogP contribution in [0.25, 0.3) is 0 Å². The van der Waals surface area contributed by atoms with Gasteiger partial charge in [0.25, 0.3) is 0 Å². The molecule has 0 aliphatic carbocycles. The monoisotopic (exact) mass is 1290 g/mol. The van der Waals surface area contributed by atoms with Gasteiger partial charge in [-0.1, -0.05) is 0 Å². The molecule has 0 aromatic heterocycles. The van der Waals surface area contributed by atoms with Gasteiger partial charge in [0.2, 0.25) is 89.0 Å². The molecule has 328 valence electrons. The van der Waals surface area contributed by atoms with Crippen LogP contribution < -0.4 is 411 Å². The van der Waals surface area contributed by atoms with Crippen LogP contribution >= 0.6 is 0 Å². The Morgan fingerprint density at radius 1 is 0.381 bits per heavy atom. The van der Waals surface area contributed by atoms with E-state index in [1.54, 1.807) is 0 Å². The van der Waals surface area contributed by atoms with Gasteiger partial charge in [0.1, 0.15) is 37.1 Å². The topological polar surface area (TPSA) is 559 Å². The average molecular weight is 1290 g/mol. The molecule has 0 aromatic rings. The van der Waals surface area contributed by atoms with Crippen molar-refractivity contribution >= 4 is 83.2 Å². The second-order valence-corrected chi connectivity index (χ2v) is 17.7. The Labute approximate surface area is 699 Å². The van der Waals surface area contributed by atoms with Gasteiger partial charge in [-0.2, -0.15) is 0 Å². The Bertz CT molecular complexity index is 2310. The molecule has 0 N–H and O–H groups in total. The van der Waals surface area contributed by atoms with E-state index in [1.165, 1.54) is 0 Å². The maximum atomic E-state index is 11.7. The standard InChI is InChI=1S/C12H22O35S8.8K/c13-48(14,15)37-1-4-6(43-51(22,23)24)8(45-53(28,29)30)9(46-54(31,32)33)11(40-4)42-12(3-39-50(19,20)21)10(47-55(34,35)36)7(44-52(25,26)27)5(41-12)2-38-49(16,17)18;;;;;;;;/h4-11H,1-3H2,(H,13,14,15)(H,16,17,18)(H,19,20,21)(H,22,23,24)(H,25,26,27)(H,28,29,30)(H,31,32,33)(H,34,35,36);;;;;;;;/q;8*+1/p-8. The molecule has 35 nitrogen and oxygen atoms in total. The van der Waals surface area contributed by atoms with Gasteiger partial charge in [0, 0.05) is 0 Å². The number of rotatable bonds is 21. The van der Waals surface area contributed by atoms with Crippen LogP contribution in [-0.4, -0.2) is 178 Å². The van der Waals surface area contributed by atoms with E-state index >= 15 is 0 Å². The molecule has 2 saturated heterocycles. The van der Waals surface area contributed by atoms with Crippen molar-refractivity contribution in [3.63, 3.8) is 0 Å². The summed E-state index contributed by atoms with van der Waals surface area (Å²) >= 11 is 0. The second kappa shape index (κ2) is 36.4. The van der Waals surface area contributed by atoms with E-state index in [2.05, 4.69) is 33.5 Å². The van der Waals surface area contributed by atoms with Gasteiger partial charge in [0.05, 0.1) is 13.2 Å². The van der Waals surface area contributed by atoms with E-state index < -0.39 is 158 Å². The second-order valence-electron chi connectivity index (χ2n) is 9.49. The first-order valence-electron chi connectivity index (χ1n) is 12.2. The molecule has 2 fully saturated rings. The molecule has 0 amide bonds. The Hall–Kier alpha value is 11.9. The summed E-state index contributed by atoms with van der Waals surface area (Å²) in [6, 6.07) is 0. The van der Waals surface area contributed by atoms with Crippen molar-refractivity contribution in [1.82, 2.24) is 0 Å². The van der Waals surface area contributed by atoms with Crippen LogP contribution in [0.2, 0.25) is 0 Å². The van der Waals surface area contributed by atoms with E-state index in [0.717, 1.165) is 0 Å². The molecule has 2 aliphatic rings. The first-order valence-corrected chi connectivity index (χ1v) is 22.9. The number of ether oxygens (including phenoxy) is 3. The quantitative estimate of drug-likeness (QED) is 0.0585. The van der Waals surface area contributed by atoms with Crippen LogP contribution in [0.4, 0.5) is 0 Å². The maximum Gasteiger partial charge on any atom is 1.00 e. The van der Waals surface area contributed by atoms with Crippen molar-refractivity contribution in [3.05, 3.63) is 0 Å². The molecule has 51 heteroatoms. The Morgan fingerprint density at radius 3 is 1.05 bits per heavy atom. The van der Waals surface area contributed by atoms with Gasteiger partial charge in [-0.05, 0) is 0 Å². The van der Waals surface area contributed by atoms with Crippen LogP contribution in [0.3, 0.4) is 0 Å². The van der Waals surface area contributed by atoms with Crippen LogP contribution in [0.5, 0.6) is 0 Å². The van der Waals surface area contributed by atoms with Crippen molar-refractivity contribution < 1.29 is 563 Å². The zero-order valence-corrected chi connectivity index (χ0v) is 64.3. The normalized spacial score (nSPS) is 26.8. The zero-order chi connectivity index (χ0) is 43.0. The predicted octanol–water partition coefficient (Wildman–Crippen LogP) is -33.5. The van der Waals surface area contributed by atoms with Gasteiger partial charge in [0.15, 0.2) is 18.5 Å². The van der Waals surface area contributed by atoms with Gasteiger partial charge >= 0.3 is 411 Å². The summed E-state index contributed by atoms with van der Waals surface area (Å²) in [5.41, 5.74) is 0. The maximum absolute atomic E-state index is 11.7. The molecule has 9 atom stereocenters. The van der Waals surface area contributed by atoms with E-state index in [-0.39, 0.29) is 411 Å². The fraction of sp³-hybridized carbons (Fsp3) is 1.00. The largest absolute Gasteiger partial charge is 1.00 e. The molecule has 2 aliphatic heterocycles. The van der Waals surface area contributed by atoms with E-state index in [9.17, 15) is 104 Å².